The molecule has 138 valence electrons. The second-order valence-electron chi connectivity index (χ2n) is 6.78. The van der Waals surface area contributed by atoms with Gasteiger partial charge in [-0.3, -0.25) is 9.59 Å². The van der Waals surface area contributed by atoms with Gasteiger partial charge in [-0.05, 0) is 37.1 Å². The average molecular weight is 367 g/mol. The Kier molecular flexibility index (Phi) is 4.08. The number of fused-ring (bicyclic) bond motifs is 2. The molecule has 0 spiro atoms. The van der Waals surface area contributed by atoms with Crippen molar-refractivity contribution in [3.05, 3.63) is 80.5 Å². The molecule has 0 saturated heterocycles. The molecular weight excluding hydrogens is 349 g/mol. The SMILES string of the molecule is Cc1cc(C)c2oc3c(c(=O)c2c1)C(c1ccccc1F)N(CCO)C3=O. The summed E-state index contributed by atoms with van der Waals surface area (Å²) in [5.41, 5.74) is 1.98. The van der Waals surface area contributed by atoms with Gasteiger partial charge in [-0.25, -0.2) is 4.39 Å². The predicted octanol–water partition coefficient (Wildman–Crippen LogP) is 3.09. The second kappa shape index (κ2) is 6.32. The first-order valence-corrected chi connectivity index (χ1v) is 8.68. The van der Waals surface area contributed by atoms with Gasteiger partial charge in [0.1, 0.15) is 11.4 Å². The summed E-state index contributed by atoms with van der Waals surface area (Å²) < 4.78 is 20.4. The quantitative estimate of drug-likeness (QED) is 0.772. The van der Waals surface area contributed by atoms with Gasteiger partial charge >= 0.3 is 0 Å². The number of halogens is 1. The van der Waals surface area contributed by atoms with E-state index in [-0.39, 0.29) is 35.5 Å². The van der Waals surface area contributed by atoms with Gasteiger partial charge in [0.25, 0.3) is 5.91 Å². The minimum absolute atomic E-state index is 0.0319. The van der Waals surface area contributed by atoms with Gasteiger partial charge in [0, 0.05) is 12.1 Å². The molecule has 1 aliphatic heterocycles. The van der Waals surface area contributed by atoms with Crippen LogP contribution in [0.4, 0.5) is 4.39 Å². The van der Waals surface area contributed by atoms with E-state index in [9.17, 15) is 19.1 Å². The van der Waals surface area contributed by atoms with Crippen molar-refractivity contribution in [2.45, 2.75) is 19.9 Å². The summed E-state index contributed by atoms with van der Waals surface area (Å²) in [6, 6.07) is 8.67. The topological polar surface area (TPSA) is 70.8 Å². The van der Waals surface area contributed by atoms with Crippen LogP contribution in [0.3, 0.4) is 0 Å². The van der Waals surface area contributed by atoms with Gasteiger partial charge < -0.3 is 14.4 Å². The van der Waals surface area contributed by atoms with E-state index in [2.05, 4.69) is 0 Å². The summed E-state index contributed by atoms with van der Waals surface area (Å²) in [5, 5.41) is 9.77. The van der Waals surface area contributed by atoms with Crippen molar-refractivity contribution < 1.29 is 18.7 Å². The van der Waals surface area contributed by atoms with Crippen LogP contribution in [0, 0.1) is 19.7 Å². The maximum atomic E-state index is 14.5. The van der Waals surface area contributed by atoms with Gasteiger partial charge in [-0.1, -0.05) is 24.3 Å². The van der Waals surface area contributed by atoms with Gasteiger partial charge in [0.05, 0.1) is 23.6 Å². The number of benzene rings is 2. The molecule has 0 fully saturated rings. The van der Waals surface area contributed by atoms with Crippen molar-refractivity contribution in [1.29, 1.82) is 0 Å². The fourth-order valence-electron chi connectivity index (χ4n) is 3.83. The van der Waals surface area contributed by atoms with Crippen LogP contribution < -0.4 is 5.43 Å². The first-order chi connectivity index (χ1) is 12.9. The highest BCUT2D eigenvalue weighted by Crippen LogP contribution is 2.39. The number of hydrogen-bond acceptors (Lipinski definition) is 4. The maximum absolute atomic E-state index is 14.5. The zero-order valence-electron chi connectivity index (χ0n) is 15.0. The van der Waals surface area contributed by atoms with Crippen LogP contribution in [0.25, 0.3) is 11.0 Å². The second-order valence-corrected chi connectivity index (χ2v) is 6.78. The van der Waals surface area contributed by atoms with E-state index in [0.29, 0.717) is 11.0 Å². The molecule has 5 nitrogen and oxygen atoms in total. The fraction of sp³-hybridized carbons (Fsp3) is 0.238. The molecular formula is C21H18FNO4. The highest BCUT2D eigenvalue weighted by atomic mass is 19.1. The minimum atomic E-state index is -0.928. The van der Waals surface area contributed by atoms with Gasteiger partial charge in [0.2, 0.25) is 5.76 Å². The highest BCUT2D eigenvalue weighted by molar-refractivity contribution is 5.99. The van der Waals surface area contributed by atoms with E-state index >= 15 is 0 Å². The molecule has 2 heterocycles. The van der Waals surface area contributed by atoms with Gasteiger partial charge in [-0.2, -0.15) is 0 Å². The number of carbonyl (C=O) groups excluding carboxylic acids is 1. The Morgan fingerprint density at radius 1 is 1.19 bits per heavy atom. The largest absolute Gasteiger partial charge is 0.450 e. The molecule has 0 aliphatic carbocycles. The highest BCUT2D eigenvalue weighted by Gasteiger charge is 2.43. The third-order valence-electron chi connectivity index (χ3n) is 4.94. The normalized spacial score (nSPS) is 16.2. The van der Waals surface area contributed by atoms with E-state index in [1.807, 2.05) is 19.9 Å². The zero-order chi connectivity index (χ0) is 19.3. The molecule has 1 amide bonds. The maximum Gasteiger partial charge on any atom is 0.290 e. The Hall–Kier alpha value is -2.99. The third-order valence-corrected chi connectivity index (χ3v) is 4.94. The molecule has 0 radical (unpaired) electrons. The van der Waals surface area contributed by atoms with Crippen molar-refractivity contribution in [2.24, 2.45) is 0 Å². The van der Waals surface area contributed by atoms with Crippen molar-refractivity contribution in [3.8, 4) is 0 Å². The molecule has 27 heavy (non-hydrogen) atoms. The predicted molar refractivity (Wildman–Crippen MR) is 98.3 cm³/mol. The van der Waals surface area contributed by atoms with Crippen LogP contribution in [-0.2, 0) is 0 Å². The van der Waals surface area contributed by atoms with E-state index in [1.54, 1.807) is 18.2 Å². The number of aryl methyl sites for hydroxylation is 2. The summed E-state index contributed by atoms with van der Waals surface area (Å²) in [6.45, 7) is 3.34. The van der Waals surface area contributed by atoms with Crippen molar-refractivity contribution in [2.75, 3.05) is 13.2 Å². The van der Waals surface area contributed by atoms with Crippen LogP contribution in [0.1, 0.15) is 38.9 Å². The first kappa shape index (κ1) is 17.4. The van der Waals surface area contributed by atoms with Crippen LogP contribution in [0.5, 0.6) is 0 Å². The number of amides is 1. The zero-order valence-corrected chi connectivity index (χ0v) is 15.0. The number of aliphatic hydroxyl groups excluding tert-OH is 1. The fourth-order valence-corrected chi connectivity index (χ4v) is 3.83. The summed E-state index contributed by atoms with van der Waals surface area (Å²) in [7, 11) is 0. The number of hydrogen-bond donors (Lipinski definition) is 1. The number of carbonyl (C=O) groups is 1. The van der Waals surface area contributed by atoms with E-state index < -0.39 is 17.8 Å². The molecule has 3 aromatic rings. The molecule has 1 N–H and O–H groups in total. The molecule has 0 bridgehead atoms. The molecule has 1 aliphatic rings. The van der Waals surface area contributed by atoms with Gasteiger partial charge in [0.15, 0.2) is 5.43 Å². The first-order valence-electron chi connectivity index (χ1n) is 8.68. The Bertz CT molecular complexity index is 1130. The van der Waals surface area contributed by atoms with Crippen LogP contribution in [-0.4, -0.2) is 29.1 Å². The Labute approximate surface area is 154 Å². The lowest BCUT2D eigenvalue weighted by atomic mass is 9.97. The minimum Gasteiger partial charge on any atom is -0.450 e. The van der Waals surface area contributed by atoms with Crippen LogP contribution in [0.15, 0.2) is 45.6 Å². The lowest BCUT2D eigenvalue weighted by molar-refractivity contribution is 0.0689. The molecule has 1 unspecified atom stereocenters. The van der Waals surface area contributed by atoms with Gasteiger partial charge in [-0.15, -0.1) is 0 Å². The summed E-state index contributed by atoms with van der Waals surface area (Å²) >= 11 is 0. The number of aliphatic hydroxyl groups is 1. The Morgan fingerprint density at radius 3 is 2.63 bits per heavy atom. The monoisotopic (exact) mass is 367 g/mol. The Balaban J connectivity index is 2.08. The third kappa shape index (κ3) is 2.56. The van der Waals surface area contributed by atoms with E-state index in [1.165, 1.54) is 17.0 Å². The van der Waals surface area contributed by atoms with E-state index in [4.69, 9.17) is 4.42 Å². The van der Waals surface area contributed by atoms with Crippen LogP contribution >= 0.6 is 0 Å². The molecule has 4 rings (SSSR count). The molecule has 6 heteroatoms. The Morgan fingerprint density at radius 2 is 1.93 bits per heavy atom. The number of rotatable bonds is 3. The average Bonchev–Trinajstić information content (AvgIpc) is 2.90. The van der Waals surface area contributed by atoms with Crippen molar-refractivity contribution in [3.63, 3.8) is 0 Å². The number of nitrogens with zero attached hydrogens (tertiary/aromatic N) is 1. The molecule has 1 aromatic heterocycles. The molecule has 1 atom stereocenters. The number of β-amino-alcohol motifs (C(OH)–C–C–N with tert-alkyl or cyclic N) is 1. The smallest absolute Gasteiger partial charge is 0.290 e. The molecule has 0 saturated carbocycles. The summed E-state index contributed by atoms with van der Waals surface area (Å²) in [5.74, 6) is -1.13. The van der Waals surface area contributed by atoms with E-state index in [0.717, 1.165) is 11.1 Å². The van der Waals surface area contributed by atoms with Crippen molar-refractivity contribution in [1.82, 2.24) is 4.90 Å². The standard InChI is InChI=1S/C21H18FNO4/c1-11-9-12(2)19-14(10-11)18(25)16-17(13-5-3-4-6-15(13)22)23(7-8-24)21(26)20(16)27-19/h3-6,9-10,17,24H,7-8H2,1-2H3. The van der Waals surface area contributed by atoms with Crippen LogP contribution in [0.2, 0.25) is 0 Å². The lowest BCUT2D eigenvalue weighted by Gasteiger charge is -2.24. The lowest BCUT2D eigenvalue weighted by Crippen LogP contribution is -2.32. The van der Waals surface area contributed by atoms with Crippen molar-refractivity contribution >= 4 is 16.9 Å². The summed E-state index contributed by atoms with van der Waals surface area (Å²) in [4.78, 5) is 27.5. The molecule has 2 aromatic carbocycles. The summed E-state index contributed by atoms with van der Waals surface area (Å²) in [6.07, 6.45) is 0.